The fraction of sp³-hybridized carbons (Fsp3) is 0.182. The first-order chi connectivity index (χ1) is 8.11. The second-order valence-electron chi connectivity index (χ2n) is 3.45. The quantitative estimate of drug-likeness (QED) is 0.884. The lowest BCUT2D eigenvalue weighted by molar-refractivity contribution is 0.182. The van der Waals surface area contributed by atoms with Gasteiger partial charge in [-0.3, -0.25) is 0 Å². The van der Waals surface area contributed by atoms with Crippen molar-refractivity contribution in [2.75, 3.05) is 6.54 Å². The van der Waals surface area contributed by atoms with Crippen LogP contribution in [0.1, 0.15) is 11.8 Å². The molecular formula is C11H10F2N2OS. The number of aromatic nitrogens is 1. The fourth-order valence-corrected chi connectivity index (χ4v) is 2.23. The third-order valence-corrected chi connectivity index (χ3v) is 3.14. The first-order valence-corrected chi connectivity index (χ1v) is 5.78. The average Bonchev–Trinajstić information content (AvgIpc) is 2.80. The zero-order valence-corrected chi connectivity index (χ0v) is 9.55. The van der Waals surface area contributed by atoms with E-state index in [4.69, 9.17) is 5.73 Å². The van der Waals surface area contributed by atoms with Gasteiger partial charge in [-0.2, -0.15) is 0 Å². The van der Waals surface area contributed by atoms with E-state index < -0.39 is 17.7 Å². The summed E-state index contributed by atoms with van der Waals surface area (Å²) in [6, 6.07) is 3.17. The topological polar surface area (TPSA) is 59.1 Å². The number of aliphatic hydroxyl groups is 1. The minimum atomic E-state index is -0.878. The number of rotatable bonds is 3. The van der Waals surface area contributed by atoms with Crippen LogP contribution in [-0.4, -0.2) is 16.6 Å². The summed E-state index contributed by atoms with van der Waals surface area (Å²) in [6.07, 6.45) is -0.878. The van der Waals surface area contributed by atoms with E-state index in [-0.39, 0.29) is 12.1 Å². The second kappa shape index (κ2) is 4.87. The van der Waals surface area contributed by atoms with E-state index in [1.165, 1.54) is 0 Å². The van der Waals surface area contributed by atoms with Crippen molar-refractivity contribution in [3.63, 3.8) is 0 Å². The van der Waals surface area contributed by atoms with Crippen molar-refractivity contribution in [2.24, 2.45) is 5.73 Å². The molecule has 0 aliphatic carbocycles. The minimum Gasteiger partial charge on any atom is -0.385 e. The molecule has 1 heterocycles. The summed E-state index contributed by atoms with van der Waals surface area (Å²) >= 11 is 1.14. The van der Waals surface area contributed by atoms with Crippen LogP contribution in [0.5, 0.6) is 0 Å². The van der Waals surface area contributed by atoms with Crippen LogP contribution in [0.3, 0.4) is 0 Å². The van der Waals surface area contributed by atoms with Gasteiger partial charge in [-0.25, -0.2) is 13.8 Å². The van der Waals surface area contributed by atoms with Crippen molar-refractivity contribution in [1.82, 2.24) is 4.98 Å². The standard InChI is InChI=1S/C11H10F2N2OS/c12-6-1-2-8(13)7(3-6)11-15-9(5-17-11)10(16)4-14/h1-3,5,10,16H,4,14H2. The van der Waals surface area contributed by atoms with Gasteiger partial charge in [0.1, 0.15) is 22.7 Å². The Morgan fingerprint density at radius 2 is 2.18 bits per heavy atom. The summed E-state index contributed by atoms with van der Waals surface area (Å²) in [4.78, 5) is 4.04. The highest BCUT2D eigenvalue weighted by molar-refractivity contribution is 7.13. The summed E-state index contributed by atoms with van der Waals surface area (Å²) in [6.45, 7) is 0.0365. The number of thiazole rings is 1. The maximum absolute atomic E-state index is 13.5. The van der Waals surface area contributed by atoms with Crippen LogP contribution in [0.2, 0.25) is 0 Å². The van der Waals surface area contributed by atoms with E-state index in [2.05, 4.69) is 4.98 Å². The maximum atomic E-state index is 13.5. The molecule has 1 atom stereocenters. The van der Waals surface area contributed by atoms with E-state index in [0.717, 1.165) is 29.5 Å². The molecule has 1 aromatic heterocycles. The lowest BCUT2D eigenvalue weighted by atomic mass is 10.2. The highest BCUT2D eigenvalue weighted by Gasteiger charge is 2.14. The molecule has 0 aliphatic heterocycles. The number of benzene rings is 1. The second-order valence-corrected chi connectivity index (χ2v) is 4.31. The number of halogens is 2. The third-order valence-electron chi connectivity index (χ3n) is 2.25. The molecule has 0 radical (unpaired) electrons. The number of nitrogens with zero attached hydrogens (tertiary/aromatic N) is 1. The van der Waals surface area contributed by atoms with Crippen LogP contribution < -0.4 is 5.73 Å². The monoisotopic (exact) mass is 256 g/mol. The lowest BCUT2D eigenvalue weighted by Crippen LogP contribution is -2.11. The number of hydrogen-bond acceptors (Lipinski definition) is 4. The minimum absolute atomic E-state index is 0.0365. The molecule has 3 nitrogen and oxygen atoms in total. The molecule has 0 amide bonds. The first-order valence-electron chi connectivity index (χ1n) is 4.91. The molecule has 0 fully saturated rings. The van der Waals surface area contributed by atoms with Crippen LogP contribution >= 0.6 is 11.3 Å². The number of nitrogens with two attached hydrogens (primary N) is 1. The molecule has 0 saturated carbocycles. The molecular weight excluding hydrogens is 246 g/mol. The smallest absolute Gasteiger partial charge is 0.133 e. The highest BCUT2D eigenvalue weighted by atomic mass is 32.1. The highest BCUT2D eigenvalue weighted by Crippen LogP contribution is 2.28. The molecule has 0 aliphatic rings. The Kier molecular flexibility index (Phi) is 3.46. The molecule has 3 N–H and O–H groups in total. The Hall–Kier alpha value is -1.37. The van der Waals surface area contributed by atoms with Crippen molar-refractivity contribution < 1.29 is 13.9 Å². The number of aliphatic hydroxyl groups excluding tert-OH is 1. The molecule has 1 unspecified atom stereocenters. The molecule has 0 bridgehead atoms. The van der Waals surface area contributed by atoms with Crippen molar-refractivity contribution >= 4 is 11.3 Å². The average molecular weight is 256 g/mol. The molecule has 6 heteroatoms. The van der Waals surface area contributed by atoms with Gasteiger partial charge < -0.3 is 10.8 Å². The van der Waals surface area contributed by atoms with Gasteiger partial charge in [0.15, 0.2) is 0 Å². The SMILES string of the molecule is NCC(O)c1csc(-c2cc(F)ccc2F)n1. The Bertz CT molecular complexity index is 530. The molecule has 0 saturated heterocycles. The zero-order chi connectivity index (χ0) is 12.4. The van der Waals surface area contributed by atoms with Gasteiger partial charge in [0.2, 0.25) is 0 Å². The Morgan fingerprint density at radius 1 is 1.41 bits per heavy atom. The number of hydrogen-bond donors (Lipinski definition) is 2. The molecule has 1 aromatic carbocycles. The van der Waals surface area contributed by atoms with Crippen LogP contribution in [0.15, 0.2) is 23.6 Å². The van der Waals surface area contributed by atoms with Crippen LogP contribution in [0.25, 0.3) is 10.6 Å². The summed E-state index contributed by atoms with van der Waals surface area (Å²) in [5, 5.41) is 11.4. The van der Waals surface area contributed by atoms with E-state index >= 15 is 0 Å². The molecule has 0 spiro atoms. The Morgan fingerprint density at radius 3 is 2.88 bits per heavy atom. The zero-order valence-electron chi connectivity index (χ0n) is 8.73. The van der Waals surface area contributed by atoms with Crippen molar-refractivity contribution in [3.8, 4) is 10.6 Å². The van der Waals surface area contributed by atoms with Gasteiger partial charge in [-0.15, -0.1) is 11.3 Å². The summed E-state index contributed by atoms with van der Waals surface area (Å²) in [5.74, 6) is -1.08. The lowest BCUT2D eigenvalue weighted by Gasteiger charge is -2.02. The van der Waals surface area contributed by atoms with E-state index in [1.807, 2.05) is 0 Å². The van der Waals surface area contributed by atoms with Gasteiger partial charge in [0.05, 0.1) is 5.69 Å². The predicted molar refractivity (Wildman–Crippen MR) is 61.5 cm³/mol. The molecule has 17 heavy (non-hydrogen) atoms. The van der Waals surface area contributed by atoms with Crippen molar-refractivity contribution in [1.29, 1.82) is 0 Å². The maximum Gasteiger partial charge on any atom is 0.133 e. The van der Waals surface area contributed by atoms with Gasteiger partial charge in [-0.1, -0.05) is 0 Å². The van der Waals surface area contributed by atoms with Gasteiger partial charge >= 0.3 is 0 Å². The van der Waals surface area contributed by atoms with E-state index in [0.29, 0.717) is 10.7 Å². The Labute approximate surface area is 101 Å². The van der Waals surface area contributed by atoms with Crippen LogP contribution in [0.4, 0.5) is 8.78 Å². The predicted octanol–water partition coefficient (Wildman–Crippen LogP) is 2.08. The summed E-state index contributed by atoms with van der Waals surface area (Å²) in [7, 11) is 0. The third kappa shape index (κ3) is 2.49. The Balaban J connectivity index is 2.40. The molecule has 2 aromatic rings. The van der Waals surface area contributed by atoms with Crippen molar-refractivity contribution in [3.05, 3.63) is 40.9 Å². The normalized spacial score (nSPS) is 12.7. The fourth-order valence-electron chi connectivity index (χ4n) is 1.35. The van der Waals surface area contributed by atoms with Crippen LogP contribution in [0, 0.1) is 11.6 Å². The van der Waals surface area contributed by atoms with Crippen LogP contribution in [-0.2, 0) is 0 Å². The first kappa shape index (κ1) is 12.1. The summed E-state index contributed by atoms with van der Waals surface area (Å²) in [5.41, 5.74) is 5.75. The van der Waals surface area contributed by atoms with Gasteiger partial charge in [0, 0.05) is 17.5 Å². The molecule has 90 valence electrons. The largest absolute Gasteiger partial charge is 0.385 e. The molecule has 2 rings (SSSR count). The van der Waals surface area contributed by atoms with E-state index in [9.17, 15) is 13.9 Å². The van der Waals surface area contributed by atoms with E-state index in [1.54, 1.807) is 5.38 Å². The van der Waals surface area contributed by atoms with Gasteiger partial charge in [0.25, 0.3) is 0 Å². The van der Waals surface area contributed by atoms with Gasteiger partial charge in [-0.05, 0) is 18.2 Å². The van der Waals surface area contributed by atoms with Crippen molar-refractivity contribution in [2.45, 2.75) is 6.10 Å². The summed E-state index contributed by atoms with van der Waals surface area (Å²) < 4.78 is 26.5.